The molecule has 18 heavy (non-hydrogen) atoms. The molecule has 0 spiro atoms. The van der Waals surface area contributed by atoms with E-state index in [2.05, 4.69) is 49.7 Å². The van der Waals surface area contributed by atoms with E-state index in [9.17, 15) is 0 Å². The van der Waals surface area contributed by atoms with Crippen LogP contribution in [0.3, 0.4) is 0 Å². The summed E-state index contributed by atoms with van der Waals surface area (Å²) >= 11 is 5.16. The molecule has 0 aliphatic heterocycles. The van der Waals surface area contributed by atoms with Gasteiger partial charge in [0.05, 0.1) is 6.54 Å². The predicted octanol–water partition coefficient (Wildman–Crippen LogP) is 3.47. The summed E-state index contributed by atoms with van der Waals surface area (Å²) in [5.41, 5.74) is 2.14. The number of halogens is 1. The Morgan fingerprint density at radius 2 is 2.28 bits per heavy atom. The number of hydrogen-bond acceptors (Lipinski definition) is 4. The number of fused-ring (bicyclic) bond motifs is 1. The van der Waals surface area contributed by atoms with Crippen LogP contribution in [-0.4, -0.2) is 14.6 Å². The number of rotatable bonds is 3. The van der Waals surface area contributed by atoms with Crippen molar-refractivity contribution in [1.29, 1.82) is 0 Å². The molecule has 0 radical (unpaired) electrons. The molecule has 4 nitrogen and oxygen atoms in total. The smallest absolute Gasteiger partial charge is 0.243 e. The van der Waals surface area contributed by atoms with Crippen molar-refractivity contribution < 1.29 is 0 Å². The van der Waals surface area contributed by atoms with Gasteiger partial charge in [0.1, 0.15) is 0 Å². The molecule has 0 amide bonds. The van der Waals surface area contributed by atoms with Crippen molar-refractivity contribution in [2.45, 2.75) is 13.5 Å². The molecule has 3 rings (SSSR count). The first-order valence-corrected chi connectivity index (χ1v) is 7.18. The number of anilines is 1. The van der Waals surface area contributed by atoms with E-state index < -0.39 is 0 Å². The highest BCUT2D eigenvalue weighted by atomic mass is 79.9. The van der Waals surface area contributed by atoms with Gasteiger partial charge in [0.15, 0.2) is 5.65 Å². The highest BCUT2D eigenvalue weighted by Gasteiger charge is 2.05. The van der Waals surface area contributed by atoms with Crippen LogP contribution in [0.25, 0.3) is 5.65 Å². The third-order valence-corrected chi connectivity index (χ3v) is 4.16. The molecule has 0 aliphatic rings. The average molecular weight is 323 g/mol. The van der Waals surface area contributed by atoms with Crippen LogP contribution in [-0.2, 0) is 6.54 Å². The molecule has 0 atom stereocenters. The summed E-state index contributed by atoms with van der Waals surface area (Å²) in [6.45, 7) is 2.88. The van der Waals surface area contributed by atoms with Gasteiger partial charge in [-0.3, -0.25) is 0 Å². The summed E-state index contributed by atoms with van der Waals surface area (Å²) in [5.74, 6) is 0.654. The highest BCUT2D eigenvalue weighted by molar-refractivity contribution is 9.10. The van der Waals surface area contributed by atoms with Crippen LogP contribution >= 0.6 is 27.3 Å². The van der Waals surface area contributed by atoms with Gasteiger partial charge in [-0.25, -0.2) is 4.52 Å². The molecule has 0 aliphatic carbocycles. The second-order valence-corrected chi connectivity index (χ2v) is 5.88. The van der Waals surface area contributed by atoms with Crippen molar-refractivity contribution in [2.24, 2.45) is 0 Å². The lowest BCUT2D eigenvalue weighted by molar-refractivity contribution is 0.947. The first-order chi connectivity index (χ1) is 8.72. The highest BCUT2D eigenvalue weighted by Crippen LogP contribution is 2.17. The number of nitrogens with one attached hydrogen (secondary N) is 1. The molecular formula is C12H11BrN4S. The number of hydrogen-bond donors (Lipinski definition) is 1. The molecule has 1 N–H and O–H groups in total. The van der Waals surface area contributed by atoms with Crippen LogP contribution in [0.1, 0.15) is 10.4 Å². The van der Waals surface area contributed by atoms with Crippen LogP contribution in [0.15, 0.2) is 34.2 Å². The van der Waals surface area contributed by atoms with Crippen LogP contribution in [0, 0.1) is 6.92 Å². The van der Waals surface area contributed by atoms with E-state index in [1.54, 1.807) is 15.9 Å². The maximum absolute atomic E-state index is 4.41. The zero-order valence-electron chi connectivity index (χ0n) is 9.72. The number of thiophene rings is 1. The molecule has 6 heteroatoms. The van der Waals surface area contributed by atoms with Gasteiger partial charge in [-0.15, -0.1) is 16.4 Å². The Kier molecular flexibility index (Phi) is 3.05. The van der Waals surface area contributed by atoms with Gasteiger partial charge in [0.25, 0.3) is 0 Å². The fourth-order valence-electron chi connectivity index (χ4n) is 1.68. The summed E-state index contributed by atoms with van der Waals surface area (Å²) in [7, 11) is 0. The summed E-state index contributed by atoms with van der Waals surface area (Å²) in [6.07, 6.45) is 1.89. The van der Waals surface area contributed by atoms with Crippen LogP contribution in [0.4, 0.5) is 5.95 Å². The van der Waals surface area contributed by atoms with E-state index in [0.29, 0.717) is 5.95 Å². The molecule has 3 aromatic heterocycles. The molecule has 3 aromatic rings. The van der Waals surface area contributed by atoms with E-state index in [1.165, 1.54) is 10.4 Å². The third-order valence-electron chi connectivity index (χ3n) is 2.67. The Morgan fingerprint density at radius 3 is 3.06 bits per heavy atom. The Morgan fingerprint density at radius 1 is 1.39 bits per heavy atom. The Labute approximate surface area is 117 Å². The quantitative estimate of drug-likeness (QED) is 0.802. The van der Waals surface area contributed by atoms with Gasteiger partial charge in [-0.1, -0.05) is 0 Å². The molecule has 3 heterocycles. The lowest BCUT2D eigenvalue weighted by atomic mass is 10.3. The normalized spacial score (nSPS) is 11.0. The maximum Gasteiger partial charge on any atom is 0.243 e. The Balaban J connectivity index is 1.81. The first-order valence-electron chi connectivity index (χ1n) is 5.51. The average Bonchev–Trinajstić information content (AvgIpc) is 2.92. The topological polar surface area (TPSA) is 42.2 Å². The molecule has 0 saturated heterocycles. The number of pyridine rings is 1. The lowest BCUT2D eigenvalue weighted by Crippen LogP contribution is -2.00. The minimum absolute atomic E-state index is 0.654. The lowest BCUT2D eigenvalue weighted by Gasteiger charge is -1.99. The molecule has 0 aromatic carbocycles. The van der Waals surface area contributed by atoms with E-state index >= 15 is 0 Å². The minimum Gasteiger partial charge on any atom is -0.348 e. The zero-order chi connectivity index (χ0) is 12.5. The van der Waals surface area contributed by atoms with Gasteiger partial charge < -0.3 is 5.32 Å². The van der Waals surface area contributed by atoms with Crippen molar-refractivity contribution in [3.05, 3.63) is 44.7 Å². The van der Waals surface area contributed by atoms with Crippen LogP contribution in [0.2, 0.25) is 0 Å². The van der Waals surface area contributed by atoms with Gasteiger partial charge in [0, 0.05) is 15.5 Å². The van der Waals surface area contributed by atoms with E-state index in [1.807, 2.05) is 18.3 Å². The third kappa shape index (κ3) is 2.26. The maximum atomic E-state index is 4.41. The fourth-order valence-corrected chi connectivity index (χ4v) is 2.85. The van der Waals surface area contributed by atoms with Gasteiger partial charge in [-0.2, -0.15) is 4.98 Å². The predicted molar refractivity (Wildman–Crippen MR) is 77.1 cm³/mol. The van der Waals surface area contributed by atoms with Crippen molar-refractivity contribution in [2.75, 3.05) is 5.32 Å². The number of nitrogens with zero attached hydrogens (tertiary/aromatic N) is 3. The summed E-state index contributed by atoms with van der Waals surface area (Å²) in [4.78, 5) is 5.72. The number of aromatic nitrogens is 3. The molecule has 0 fully saturated rings. The SMILES string of the molecule is Cc1ccsc1CNc1nc2ccc(Br)cn2n1. The molecule has 92 valence electrons. The molecule has 0 unspecified atom stereocenters. The van der Waals surface area contributed by atoms with E-state index in [-0.39, 0.29) is 0 Å². The van der Waals surface area contributed by atoms with Crippen molar-refractivity contribution in [3.8, 4) is 0 Å². The summed E-state index contributed by atoms with van der Waals surface area (Å²) in [6, 6.07) is 6.01. The van der Waals surface area contributed by atoms with Crippen LogP contribution in [0.5, 0.6) is 0 Å². The van der Waals surface area contributed by atoms with Gasteiger partial charge >= 0.3 is 0 Å². The van der Waals surface area contributed by atoms with Crippen LogP contribution < -0.4 is 5.32 Å². The van der Waals surface area contributed by atoms with Crippen molar-refractivity contribution in [1.82, 2.24) is 14.6 Å². The Bertz CT molecular complexity index is 688. The minimum atomic E-state index is 0.654. The molecule has 0 saturated carbocycles. The fraction of sp³-hybridized carbons (Fsp3) is 0.167. The summed E-state index contributed by atoms with van der Waals surface area (Å²) in [5, 5.41) is 9.72. The largest absolute Gasteiger partial charge is 0.348 e. The van der Waals surface area contributed by atoms with Crippen molar-refractivity contribution >= 4 is 38.9 Å². The van der Waals surface area contributed by atoms with E-state index in [4.69, 9.17) is 0 Å². The van der Waals surface area contributed by atoms with E-state index in [0.717, 1.165) is 16.7 Å². The second kappa shape index (κ2) is 4.70. The molecular weight excluding hydrogens is 312 g/mol. The monoisotopic (exact) mass is 322 g/mol. The second-order valence-electron chi connectivity index (χ2n) is 3.97. The first kappa shape index (κ1) is 11.7. The zero-order valence-corrected chi connectivity index (χ0v) is 12.1. The number of aryl methyl sites for hydroxylation is 1. The Hall–Kier alpha value is -1.40. The molecule has 0 bridgehead atoms. The van der Waals surface area contributed by atoms with Gasteiger partial charge in [0.2, 0.25) is 5.95 Å². The standard InChI is InChI=1S/C12H11BrN4S/c1-8-4-5-18-10(8)6-14-12-15-11-3-2-9(13)7-17(11)16-12/h2-5,7H,6H2,1H3,(H,14,16). The van der Waals surface area contributed by atoms with Crippen molar-refractivity contribution in [3.63, 3.8) is 0 Å². The summed E-state index contributed by atoms with van der Waals surface area (Å²) < 4.78 is 2.74. The van der Waals surface area contributed by atoms with Gasteiger partial charge in [-0.05, 0) is 52.0 Å².